The van der Waals surface area contributed by atoms with Crippen LogP contribution in [-0.4, -0.2) is 32.6 Å². The van der Waals surface area contributed by atoms with Crippen LogP contribution in [0.25, 0.3) is 0 Å². The maximum Gasteiger partial charge on any atom is 0.264 e. The molecule has 0 saturated heterocycles. The van der Waals surface area contributed by atoms with Gasteiger partial charge in [-0.25, -0.2) is 0 Å². The largest absolute Gasteiger partial charge is 0.493 e. The van der Waals surface area contributed by atoms with Crippen LogP contribution in [0.5, 0.6) is 11.5 Å². The van der Waals surface area contributed by atoms with Gasteiger partial charge < -0.3 is 24.1 Å². The molecular weight excluding hydrogens is 398 g/mol. The van der Waals surface area contributed by atoms with Gasteiger partial charge in [-0.3, -0.25) is 9.59 Å². The lowest BCUT2D eigenvalue weighted by Crippen LogP contribution is -2.33. The molecule has 0 fully saturated rings. The van der Waals surface area contributed by atoms with Crippen molar-refractivity contribution in [3.8, 4) is 17.6 Å². The second kappa shape index (κ2) is 9.98. The monoisotopic (exact) mass is 419 g/mol. The highest BCUT2D eigenvalue weighted by Crippen LogP contribution is 2.28. The van der Waals surface area contributed by atoms with Crippen LogP contribution in [0, 0.1) is 11.3 Å². The minimum absolute atomic E-state index is 0.236. The van der Waals surface area contributed by atoms with E-state index in [4.69, 9.17) is 19.2 Å². The fraction of sp³-hybridized carbons (Fsp3) is 0.174. The molecule has 158 valence electrons. The number of nitrogens with one attached hydrogen (secondary N) is 1. The first-order chi connectivity index (χ1) is 15.0. The van der Waals surface area contributed by atoms with E-state index in [1.807, 2.05) is 6.07 Å². The second-order valence-corrected chi connectivity index (χ2v) is 6.50. The van der Waals surface area contributed by atoms with Crippen LogP contribution in [0.2, 0.25) is 0 Å². The minimum atomic E-state index is -0.363. The maximum absolute atomic E-state index is 12.7. The van der Waals surface area contributed by atoms with Gasteiger partial charge in [-0.2, -0.15) is 5.26 Å². The topological polar surface area (TPSA) is 105 Å². The van der Waals surface area contributed by atoms with Gasteiger partial charge in [0.2, 0.25) is 0 Å². The molecule has 31 heavy (non-hydrogen) atoms. The van der Waals surface area contributed by atoms with Crippen LogP contribution in [0.1, 0.15) is 21.7 Å². The van der Waals surface area contributed by atoms with Gasteiger partial charge in [0.05, 0.1) is 42.8 Å². The van der Waals surface area contributed by atoms with E-state index >= 15 is 0 Å². The molecule has 0 bridgehead atoms. The van der Waals surface area contributed by atoms with Crippen LogP contribution in [0.4, 0.5) is 5.69 Å². The van der Waals surface area contributed by atoms with Crippen molar-refractivity contribution in [2.75, 3.05) is 25.7 Å². The van der Waals surface area contributed by atoms with E-state index in [1.165, 1.54) is 24.3 Å². The number of carbonyl (C=O) groups excluding carboxylic acids is 2. The molecule has 0 aliphatic carbocycles. The molecule has 0 atom stereocenters. The van der Waals surface area contributed by atoms with Gasteiger partial charge in [-0.05, 0) is 36.4 Å². The smallest absolute Gasteiger partial charge is 0.264 e. The van der Waals surface area contributed by atoms with Crippen molar-refractivity contribution < 1.29 is 23.5 Å². The van der Waals surface area contributed by atoms with Gasteiger partial charge in [0.15, 0.2) is 18.1 Å². The van der Waals surface area contributed by atoms with Crippen molar-refractivity contribution in [3.05, 3.63) is 77.7 Å². The molecule has 8 heteroatoms. The standard InChI is InChI=1S/C23H21N3O5/c1-26(22(27)15-31-20-10-9-16(13-24)12-21(20)29-2)19-8-4-3-7-18(19)23(28)25-14-17-6-5-11-30-17/h3-12H,14-15H2,1-2H3,(H,25,28). The maximum atomic E-state index is 12.7. The predicted molar refractivity (Wildman–Crippen MR) is 113 cm³/mol. The Bertz CT molecular complexity index is 1100. The Morgan fingerprint density at radius 2 is 1.94 bits per heavy atom. The highest BCUT2D eigenvalue weighted by molar-refractivity contribution is 6.04. The van der Waals surface area contributed by atoms with Gasteiger partial charge >= 0.3 is 0 Å². The average Bonchev–Trinajstić information content (AvgIpc) is 3.34. The molecule has 0 aliphatic heterocycles. The normalized spacial score (nSPS) is 10.1. The predicted octanol–water partition coefficient (Wildman–Crippen LogP) is 3.13. The first kappa shape index (κ1) is 21.5. The number of para-hydroxylation sites is 1. The third kappa shape index (κ3) is 5.22. The van der Waals surface area contributed by atoms with Crippen molar-refractivity contribution in [1.82, 2.24) is 5.32 Å². The first-order valence-electron chi connectivity index (χ1n) is 9.40. The van der Waals surface area contributed by atoms with E-state index in [-0.39, 0.29) is 25.0 Å². The number of hydrogen-bond donors (Lipinski definition) is 1. The number of nitrogens with zero attached hydrogens (tertiary/aromatic N) is 2. The molecule has 3 rings (SSSR count). The van der Waals surface area contributed by atoms with E-state index in [2.05, 4.69) is 5.32 Å². The number of likely N-dealkylation sites (N-methyl/N-ethyl adjacent to an activating group) is 1. The number of hydrogen-bond acceptors (Lipinski definition) is 6. The van der Waals surface area contributed by atoms with Gasteiger partial charge in [0.1, 0.15) is 5.76 Å². The zero-order valence-electron chi connectivity index (χ0n) is 17.1. The Morgan fingerprint density at radius 1 is 1.13 bits per heavy atom. The lowest BCUT2D eigenvalue weighted by atomic mass is 10.1. The van der Waals surface area contributed by atoms with E-state index < -0.39 is 0 Å². The fourth-order valence-electron chi connectivity index (χ4n) is 2.86. The number of rotatable bonds is 8. The number of carbonyl (C=O) groups is 2. The van der Waals surface area contributed by atoms with Crippen molar-refractivity contribution in [2.24, 2.45) is 0 Å². The van der Waals surface area contributed by atoms with Crippen LogP contribution in [0.15, 0.2) is 65.3 Å². The number of furan rings is 1. The molecule has 0 saturated carbocycles. The van der Waals surface area contributed by atoms with Crippen LogP contribution in [0.3, 0.4) is 0 Å². The fourth-order valence-corrected chi connectivity index (χ4v) is 2.86. The number of amides is 2. The molecule has 8 nitrogen and oxygen atoms in total. The zero-order chi connectivity index (χ0) is 22.2. The quantitative estimate of drug-likeness (QED) is 0.601. The Balaban J connectivity index is 1.68. The molecule has 0 unspecified atom stereocenters. The van der Waals surface area contributed by atoms with Crippen molar-refractivity contribution in [1.29, 1.82) is 5.26 Å². The third-order valence-electron chi connectivity index (χ3n) is 4.53. The summed E-state index contributed by atoms with van der Waals surface area (Å²) in [5, 5.41) is 11.8. The van der Waals surface area contributed by atoms with Gasteiger partial charge in [-0.15, -0.1) is 0 Å². The van der Waals surface area contributed by atoms with Crippen LogP contribution >= 0.6 is 0 Å². The highest BCUT2D eigenvalue weighted by atomic mass is 16.5. The summed E-state index contributed by atoms with van der Waals surface area (Å²) in [5.41, 5.74) is 1.21. The lowest BCUT2D eigenvalue weighted by molar-refractivity contribution is -0.120. The molecule has 2 aromatic carbocycles. The second-order valence-electron chi connectivity index (χ2n) is 6.50. The highest BCUT2D eigenvalue weighted by Gasteiger charge is 2.19. The molecular formula is C23H21N3O5. The van der Waals surface area contributed by atoms with Gasteiger partial charge in [0, 0.05) is 13.1 Å². The SMILES string of the molecule is COc1cc(C#N)ccc1OCC(=O)N(C)c1ccccc1C(=O)NCc1ccco1. The van der Waals surface area contributed by atoms with E-state index in [0.717, 1.165) is 0 Å². The van der Waals surface area contributed by atoms with Crippen molar-refractivity contribution in [2.45, 2.75) is 6.54 Å². The number of benzene rings is 2. The Labute approximate surface area is 179 Å². The van der Waals surface area contributed by atoms with E-state index in [0.29, 0.717) is 34.1 Å². The summed E-state index contributed by atoms with van der Waals surface area (Å²) in [6.07, 6.45) is 1.53. The van der Waals surface area contributed by atoms with Gasteiger partial charge in [0.25, 0.3) is 11.8 Å². The summed E-state index contributed by atoms with van der Waals surface area (Å²) in [6.45, 7) is -0.0411. The van der Waals surface area contributed by atoms with E-state index in [1.54, 1.807) is 55.6 Å². The number of ether oxygens (including phenoxy) is 2. The van der Waals surface area contributed by atoms with E-state index in [9.17, 15) is 9.59 Å². The van der Waals surface area contributed by atoms with Crippen molar-refractivity contribution in [3.63, 3.8) is 0 Å². The Hall–Kier alpha value is -4.25. The number of anilines is 1. The first-order valence-corrected chi connectivity index (χ1v) is 9.40. The Morgan fingerprint density at radius 3 is 2.65 bits per heavy atom. The summed E-state index contributed by atoms with van der Waals surface area (Å²) in [4.78, 5) is 26.7. The molecule has 1 aromatic heterocycles. The summed E-state index contributed by atoms with van der Waals surface area (Å²) in [6, 6.07) is 17.0. The molecule has 1 N–H and O–H groups in total. The molecule has 0 radical (unpaired) electrons. The molecule has 3 aromatic rings. The summed E-state index contributed by atoms with van der Waals surface area (Å²) >= 11 is 0. The van der Waals surface area contributed by atoms with Crippen LogP contribution in [-0.2, 0) is 11.3 Å². The number of nitriles is 1. The summed E-state index contributed by atoms with van der Waals surface area (Å²) in [7, 11) is 3.02. The third-order valence-corrected chi connectivity index (χ3v) is 4.53. The molecule has 1 heterocycles. The molecule has 2 amide bonds. The Kier molecular flexibility index (Phi) is 6.91. The summed E-state index contributed by atoms with van der Waals surface area (Å²) in [5.74, 6) is 0.624. The molecule has 0 spiro atoms. The summed E-state index contributed by atoms with van der Waals surface area (Å²) < 4.78 is 16.0. The average molecular weight is 419 g/mol. The van der Waals surface area contributed by atoms with Gasteiger partial charge in [-0.1, -0.05) is 12.1 Å². The zero-order valence-corrected chi connectivity index (χ0v) is 17.1. The lowest BCUT2D eigenvalue weighted by Gasteiger charge is -2.21. The van der Waals surface area contributed by atoms with Crippen LogP contribution < -0.4 is 19.7 Å². The number of methoxy groups -OCH3 is 1. The molecule has 0 aliphatic rings. The van der Waals surface area contributed by atoms with Crippen molar-refractivity contribution >= 4 is 17.5 Å². The minimum Gasteiger partial charge on any atom is -0.493 e.